The number of hydrogen-bond acceptors (Lipinski definition) is 5. The monoisotopic (exact) mass is 393 g/mol. The van der Waals surface area contributed by atoms with Gasteiger partial charge in [-0.05, 0) is 36.6 Å². The minimum atomic E-state index is -3.52. The van der Waals surface area contributed by atoms with Gasteiger partial charge in [0.1, 0.15) is 11.3 Å². The SMILES string of the molecule is CC(NCCN1c2cccc3cccc(c23)S1(=O)=O)c1cc2cnccc2o1. The van der Waals surface area contributed by atoms with E-state index in [0.717, 1.165) is 33.2 Å². The molecule has 0 amide bonds. The predicted molar refractivity (Wildman–Crippen MR) is 109 cm³/mol. The Kier molecular flexibility index (Phi) is 3.89. The average molecular weight is 393 g/mol. The van der Waals surface area contributed by atoms with Gasteiger partial charge in [-0.25, -0.2) is 8.42 Å². The molecule has 0 fully saturated rings. The maximum atomic E-state index is 13.0. The molecule has 0 saturated carbocycles. The first-order valence-corrected chi connectivity index (χ1v) is 10.6. The summed E-state index contributed by atoms with van der Waals surface area (Å²) >= 11 is 0. The molecule has 3 heterocycles. The summed E-state index contributed by atoms with van der Waals surface area (Å²) in [4.78, 5) is 4.49. The van der Waals surface area contributed by atoms with Crippen molar-refractivity contribution < 1.29 is 12.8 Å². The molecule has 2 aromatic heterocycles. The molecule has 142 valence electrons. The van der Waals surface area contributed by atoms with Crippen LogP contribution in [0, 0.1) is 0 Å². The Balaban J connectivity index is 1.35. The van der Waals surface area contributed by atoms with Gasteiger partial charge in [-0.15, -0.1) is 0 Å². The first-order valence-electron chi connectivity index (χ1n) is 9.17. The lowest BCUT2D eigenvalue weighted by Gasteiger charge is -2.20. The Hall–Kier alpha value is -2.90. The molecule has 0 bridgehead atoms. The smallest absolute Gasteiger partial charge is 0.265 e. The molecule has 1 atom stereocenters. The normalized spacial score (nSPS) is 16.1. The summed E-state index contributed by atoms with van der Waals surface area (Å²) in [6.45, 7) is 2.85. The molecular formula is C21H19N3O3S. The van der Waals surface area contributed by atoms with Gasteiger partial charge in [-0.3, -0.25) is 9.29 Å². The van der Waals surface area contributed by atoms with E-state index in [0.29, 0.717) is 18.0 Å². The van der Waals surface area contributed by atoms with Crippen LogP contribution in [-0.2, 0) is 10.0 Å². The summed E-state index contributed by atoms with van der Waals surface area (Å²) in [5.41, 5.74) is 1.54. The number of furan rings is 1. The van der Waals surface area contributed by atoms with Crippen molar-refractivity contribution in [3.8, 4) is 0 Å². The van der Waals surface area contributed by atoms with Crippen molar-refractivity contribution in [3.05, 3.63) is 66.7 Å². The van der Waals surface area contributed by atoms with Crippen molar-refractivity contribution in [2.75, 3.05) is 17.4 Å². The van der Waals surface area contributed by atoms with Crippen LogP contribution in [0.3, 0.4) is 0 Å². The van der Waals surface area contributed by atoms with Crippen LogP contribution in [-0.4, -0.2) is 26.5 Å². The maximum Gasteiger partial charge on any atom is 0.265 e. The summed E-state index contributed by atoms with van der Waals surface area (Å²) in [5.74, 6) is 0.803. The largest absolute Gasteiger partial charge is 0.459 e. The van der Waals surface area contributed by atoms with Gasteiger partial charge in [-0.1, -0.05) is 24.3 Å². The van der Waals surface area contributed by atoms with Crippen molar-refractivity contribution in [2.24, 2.45) is 0 Å². The minimum absolute atomic E-state index is 0.0455. The number of hydrogen-bond donors (Lipinski definition) is 1. The van der Waals surface area contributed by atoms with E-state index in [9.17, 15) is 8.42 Å². The van der Waals surface area contributed by atoms with Crippen molar-refractivity contribution in [1.82, 2.24) is 10.3 Å². The molecule has 2 aromatic carbocycles. The molecule has 7 heteroatoms. The fraction of sp³-hybridized carbons (Fsp3) is 0.190. The van der Waals surface area contributed by atoms with Crippen LogP contribution in [0.4, 0.5) is 5.69 Å². The Morgan fingerprint density at radius 2 is 1.96 bits per heavy atom. The highest BCUT2D eigenvalue weighted by Crippen LogP contribution is 2.41. The fourth-order valence-corrected chi connectivity index (χ4v) is 5.51. The van der Waals surface area contributed by atoms with E-state index in [1.807, 2.05) is 43.3 Å². The molecule has 4 aromatic rings. The second-order valence-corrected chi connectivity index (χ2v) is 8.78. The van der Waals surface area contributed by atoms with Gasteiger partial charge in [0, 0.05) is 36.3 Å². The summed E-state index contributed by atoms with van der Waals surface area (Å²) in [6.07, 6.45) is 3.47. The zero-order valence-corrected chi connectivity index (χ0v) is 16.1. The highest BCUT2D eigenvalue weighted by Gasteiger charge is 2.35. The number of aromatic nitrogens is 1. The van der Waals surface area contributed by atoms with E-state index in [4.69, 9.17) is 4.42 Å². The van der Waals surface area contributed by atoms with Crippen molar-refractivity contribution in [1.29, 1.82) is 0 Å². The molecule has 5 rings (SSSR count). The molecule has 1 aliphatic heterocycles. The van der Waals surface area contributed by atoms with E-state index in [-0.39, 0.29) is 6.04 Å². The van der Waals surface area contributed by atoms with Gasteiger partial charge in [0.05, 0.1) is 16.6 Å². The van der Waals surface area contributed by atoms with Crippen LogP contribution >= 0.6 is 0 Å². The molecule has 0 spiro atoms. The van der Waals surface area contributed by atoms with E-state index < -0.39 is 10.0 Å². The number of benzene rings is 2. The van der Waals surface area contributed by atoms with Gasteiger partial charge in [0.15, 0.2) is 0 Å². The second kappa shape index (κ2) is 6.32. The van der Waals surface area contributed by atoms with Gasteiger partial charge >= 0.3 is 0 Å². The minimum Gasteiger partial charge on any atom is -0.459 e. The zero-order valence-electron chi connectivity index (χ0n) is 15.3. The quantitative estimate of drug-likeness (QED) is 0.558. The first kappa shape index (κ1) is 17.2. The highest BCUT2D eigenvalue weighted by molar-refractivity contribution is 7.93. The molecule has 1 unspecified atom stereocenters. The zero-order chi connectivity index (χ0) is 19.3. The van der Waals surface area contributed by atoms with E-state index in [1.165, 1.54) is 4.31 Å². The lowest BCUT2D eigenvalue weighted by Crippen LogP contribution is -2.35. The van der Waals surface area contributed by atoms with Gasteiger partial charge < -0.3 is 9.73 Å². The average Bonchev–Trinajstić information content (AvgIpc) is 3.22. The Morgan fingerprint density at radius 1 is 1.14 bits per heavy atom. The van der Waals surface area contributed by atoms with Crippen molar-refractivity contribution in [3.63, 3.8) is 0 Å². The summed E-state index contributed by atoms with van der Waals surface area (Å²) in [5, 5.41) is 6.07. The van der Waals surface area contributed by atoms with Crippen molar-refractivity contribution >= 4 is 37.5 Å². The van der Waals surface area contributed by atoms with Crippen LogP contribution in [0.2, 0.25) is 0 Å². The van der Waals surface area contributed by atoms with Gasteiger partial charge in [-0.2, -0.15) is 0 Å². The number of sulfonamides is 1. The molecule has 0 radical (unpaired) electrons. The van der Waals surface area contributed by atoms with Gasteiger partial charge in [0.2, 0.25) is 0 Å². The molecule has 1 aliphatic rings. The maximum absolute atomic E-state index is 13.0. The molecular weight excluding hydrogens is 374 g/mol. The van der Waals surface area contributed by atoms with Crippen LogP contribution < -0.4 is 9.62 Å². The Bertz CT molecular complexity index is 1260. The highest BCUT2D eigenvalue weighted by atomic mass is 32.2. The van der Waals surface area contributed by atoms with Gasteiger partial charge in [0.25, 0.3) is 10.0 Å². The Labute approximate surface area is 162 Å². The number of nitrogens with zero attached hydrogens (tertiary/aromatic N) is 2. The van der Waals surface area contributed by atoms with Crippen molar-refractivity contribution in [2.45, 2.75) is 17.9 Å². The number of fused-ring (bicyclic) bond motifs is 1. The van der Waals surface area contributed by atoms with Crippen LogP contribution in [0.15, 0.2) is 70.2 Å². The molecule has 0 aliphatic carbocycles. The number of rotatable bonds is 5. The standard InChI is InChI=1S/C21H19N3O3S/c1-14(19-12-16-13-22-9-8-18(16)27-19)23-10-11-24-17-6-2-4-15-5-3-7-20(21(15)17)28(24,25)26/h2-9,12-14,23H,10-11H2,1H3. The molecule has 0 saturated heterocycles. The lowest BCUT2D eigenvalue weighted by molar-refractivity contribution is 0.455. The third kappa shape index (κ3) is 2.58. The van der Waals surface area contributed by atoms with Crippen LogP contribution in [0.1, 0.15) is 18.7 Å². The van der Waals surface area contributed by atoms with E-state index in [1.54, 1.807) is 24.5 Å². The van der Waals surface area contributed by atoms with E-state index >= 15 is 0 Å². The summed E-state index contributed by atoms with van der Waals surface area (Å²) < 4.78 is 33.4. The number of nitrogens with one attached hydrogen (secondary N) is 1. The van der Waals surface area contributed by atoms with Crippen LogP contribution in [0.5, 0.6) is 0 Å². The molecule has 6 nitrogen and oxygen atoms in total. The number of pyridine rings is 1. The molecule has 28 heavy (non-hydrogen) atoms. The molecule has 1 N–H and O–H groups in total. The third-order valence-corrected chi connectivity index (χ3v) is 7.06. The third-order valence-electron chi connectivity index (χ3n) is 5.21. The van der Waals surface area contributed by atoms with Crippen LogP contribution in [0.25, 0.3) is 21.7 Å². The first-order chi connectivity index (χ1) is 13.6. The predicted octanol–water partition coefficient (Wildman–Crippen LogP) is 3.84. The summed E-state index contributed by atoms with van der Waals surface area (Å²) in [7, 11) is -3.52. The topological polar surface area (TPSA) is 75.4 Å². The lowest BCUT2D eigenvalue weighted by atomic mass is 10.1. The Morgan fingerprint density at radius 3 is 2.79 bits per heavy atom. The summed E-state index contributed by atoms with van der Waals surface area (Å²) in [6, 6.07) is 14.9. The number of anilines is 1. The second-order valence-electron chi connectivity index (χ2n) is 6.95. The fourth-order valence-electron chi connectivity index (χ4n) is 3.80. The van der Waals surface area contributed by atoms with E-state index in [2.05, 4.69) is 10.3 Å².